The molecule has 0 saturated heterocycles. The molecule has 0 aromatic carbocycles. The summed E-state index contributed by atoms with van der Waals surface area (Å²) >= 11 is 0. The van der Waals surface area contributed by atoms with Crippen LogP contribution in [0.4, 0.5) is 0 Å². The second-order valence-corrected chi connectivity index (χ2v) is 3.56. The molecule has 1 heteroatoms. The molecule has 0 heterocycles. The Bertz CT molecular complexity index is 125. The smallest absolute Gasteiger partial charge is 0.00134 e. The fraction of sp³-hybridized carbons (Fsp3) is 0.818. The van der Waals surface area contributed by atoms with Crippen molar-refractivity contribution >= 4 is 0 Å². The van der Waals surface area contributed by atoms with Gasteiger partial charge in [-0.3, -0.25) is 0 Å². The first-order valence-corrected chi connectivity index (χ1v) is 4.99. The van der Waals surface area contributed by atoms with Gasteiger partial charge in [0.2, 0.25) is 0 Å². The summed E-state index contributed by atoms with van der Waals surface area (Å²) in [7, 11) is 0. The standard InChI is InChI=1S/C11H23N/c1-6-12(7-2)9-8-11(5)10(3)4/h11H,3,6-9H2,1-2,4-5H3. The van der Waals surface area contributed by atoms with E-state index in [0.29, 0.717) is 5.92 Å². The molecule has 0 aromatic heterocycles. The lowest BCUT2D eigenvalue weighted by atomic mass is 10.0. The van der Waals surface area contributed by atoms with Gasteiger partial charge in [0.05, 0.1) is 0 Å². The largest absolute Gasteiger partial charge is 0.304 e. The van der Waals surface area contributed by atoms with E-state index in [2.05, 4.69) is 39.2 Å². The Balaban J connectivity index is 3.58. The first-order chi connectivity index (χ1) is 5.61. The molecule has 0 aliphatic rings. The lowest BCUT2D eigenvalue weighted by molar-refractivity contribution is 0.287. The van der Waals surface area contributed by atoms with Gasteiger partial charge < -0.3 is 4.90 Å². The van der Waals surface area contributed by atoms with Crippen molar-refractivity contribution in [2.24, 2.45) is 5.92 Å². The van der Waals surface area contributed by atoms with Crippen LogP contribution in [0.2, 0.25) is 0 Å². The van der Waals surface area contributed by atoms with Crippen molar-refractivity contribution < 1.29 is 0 Å². The quantitative estimate of drug-likeness (QED) is 0.553. The highest BCUT2D eigenvalue weighted by Crippen LogP contribution is 2.11. The van der Waals surface area contributed by atoms with E-state index >= 15 is 0 Å². The predicted molar refractivity (Wildman–Crippen MR) is 56.4 cm³/mol. The summed E-state index contributed by atoms with van der Waals surface area (Å²) in [4.78, 5) is 2.46. The summed E-state index contributed by atoms with van der Waals surface area (Å²) in [6.45, 7) is 16.3. The van der Waals surface area contributed by atoms with Crippen LogP contribution in [-0.4, -0.2) is 24.5 Å². The van der Waals surface area contributed by atoms with Gasteiger partial charge in [0.15, 0.2) is 0 Å². The number of nitrogens with zero attached hydrogens (tertiary/aromatic N) is 1. The van der Waals surface area contributed by atoms with Gasteiger partial charge in [0.1, 0.15) is 0 Å². The summed E-state index contributed by atoms with van der Waals surface area (Å²) < 4.78 is 0. The zero-order valence-electron chi connectivity index (χ0n) is 9.06. The van der Waals surface area contributed by atoms with Crippen LogP contribution in [0.15, 0.2) is 12.2 Å². The first kappa shape index (κ1) is 11.7. The monoisotopic (exact) mass is 169 g/mol. The lowest BCUT2D eigenvalue weighted by Crippen LogP contribution is -2.25. The molecule has 1 nitrogen and oxygen atoms in total. The SMILES string of the molecule is C=C(C)C(C)CCN(CC)CC. The normalized spacial score (nSPS) is 13.4. The van der Waals surface area contributed by atoms with Gasteiger partial charge in [-0.15, -0.1) is 0 Å². The maximum atomic E-state index is 3.97. The van der Waals surface area contributed by atoms with Crippen molar-refractivity contribution in [3.05, 3.63) is 12.2 Å². The van der Waals surface area contributed by atoms with Gasteiger partial charge in [-0.05, 0) is 38.9 Å². The Labute approximate surface area is 77.5 Å². The molecule has 0 rings (SSSR count). The molecular formula is C11H23N. The average Bonchev–Trinajstić information content (AvgIpc) is 2.05. The molecule has 0 bridgehead atoms. The van der Waals surface area contributed by atoms with Crippen molar-refractivity contribution in [3.63, 3.8) is 0 Å². The molecule has 12 heavy (non-hydrogen) atoms. The maximum absolute atomic E-state index is 3.97. The highest BCUT2D eigenvalue weighted by atomic mass is 15.1. The fourth-order valence-electron chi connectivity index (χ4n) is 1.16. The van der Waals surface area contributed by atoms with Gasteiger partial charge in [-0.25, -0.2) is 0 Å². The minimum absolute atomic E-state index is 0.672. The van der Waals surface area contributed by atoms with Crippen molar-refractivity contribution in [3.8, 4) is 0 Å². The number of hydrogen-bond donors (Lipinski definition) is 0. The first-order valence-electron chi connectivity index (χ1n) is 4.99. The Hall–Kier alpha value is -0.300. The zero-order valence-corrected chi connectivity index (χ0v) is 9.06. The molecule has 1 unspecified atom stereocenters. The Kier molecular flexibility index (Phi) is 6.09. The van der Waals surface area contributed by atoms with E-state index in [4.69, 9.17) is 0 Å². The van der Waals surface area contributed by atoms with Gasteiger partial charge in [-0.1, -0.05) is 32.9 Å². The van der Waals surface area contributed by atoms with Crippen molar-refractivity contribution in [1.29, 1.82) is 0 Å². The Morgan fingerprint density at radius 3 is 2.17 bits per heavy atom. The summed E-state index contributed by atoms with van der Waals surface area (Å²) in [6, 6.07) is 0. The molecular weight excluding hydrogens is 146 g/mol. The fourth-order valence-corrected chi connectivity index (χ4v) is 1.16. The third-order valence-electron chi connectivity index (χ3n) is 2.61. The highest BCUT2D eigenvalue weighted by Gasteiger charge is 2.04. The molecule has 72 valence electrons. The van der Waals surface area contributed by atoms with E-state index in [1.807, 2.05) is 0 Å². The van der Waals surface area contributed by atoms with Crippen LogP contribution in [0.25, 0.3) is 0 Å². The third-order valence-corrected chi connectivity index (χ3v) is 2.61. The van der Waals surface area contributed by atoms with Crippen molar-refractivity contribution in [2.45, 2.75) is 34.1 Å². The summed E-state index contributed by atoms with van der Waals surface area (Å²) in [5.74, 6) is 0.672. The highest BCUT2D eigenvalue weighted by molar-refractivity contribution is 4.93. The van der Waals surface area contributed by atoms with E-state index in [-0.39, 0.29) is 0 Å². The molecule has 0 aliphatic carbocycles. The van der Waals surface area contributed by atoms with Gasteiger partial charge in [0, 0.05) is 0 Å². The van der Waals surface area contributed by atoms with E-state index in [0.717, 1.165) is 0 Å². The van der Waals surface area contributed by atoms with E-state index in [1.165, 1.54) is 31.6 Å². The average molecular weight is 169 g/mol. The van der Waals surface area contributed by atoms with Crippen LogP contribution in [-0.2, 0) is 0 Å². The van der Waals surface area contributed by atoms with Crippen LogP contribution >= 0.6 is 0 Å². The van der Waals surface area contributed by atoms with E-state index in [1.54, 1.807) is 0 Å². The number of hydrogen-bond acceptors (Lipinski definition) is 1. The minimum Gasteiger partial charge on any atom is -0.304 e. The van der Waals surface area contributed by atoms with Crippen LogP contribution in [0.1, 0.15) is 34.1 Å². The van der Waals surface area contributed by atoms with Crippen LogP contribution < -0.4 is 0 Å². The molecule has 0 amide bonds. The van der Waals surface area contributed by atoms with Crippen LogP contribution in [0.5, 0.6) is 0 Å². The topological polar surface area (TPSA) is 3.24 Å². The second kappa shape index (κ2) is 6.24. The summed E-state index contributed by atoms with van der Waals surface area (Å²) in [5.41, 5.74) is 1.31. The lowest BCUT2D eigenvalue weighted by Gasteiger charge is -2.20. The Morgan fingerprint density at radius 1 is 1.33 bits per heavy atom. The Morgan fingerprint density at radius 2 is 1.83 bits per heavy atom. The molecule has 1 atom stereocenters. The van der Waals surface area contributed by atoms with Gasteiger partial charge in [0.25, 0.3) is 0 Å². The predicted octanol–water partition coefficient (Wildman–Crippen LogP) is 2.93. The molecule has 0 fully saturated rings. The van der Waals surface area contributed by atoms with Crippen molar-refractivity contribution in [2.75, 3.05) is 19.6 Å². The molecule has 0 aliphatic heterocycles. The molecule has 0 N–H and O–H groups in total. The van der Waals surface area contributed by atoms with Crippen molar-refractivity contribution in [1.82, 2.24) is 4.90 Å². The summed E-state index contributed by atoms with van der Waals surface area (Å²) in [5, 5.41) is 0. The second-order valence-electron chi connectivity index (χ2n) is 3.56. The molecule has 0 saturated carbocycles. The van der Waals surface area contributed by atoms with E-state index < -0.39 is 0 Å². The van der Waals surface area contributed by atoms with Crippen LogP contribution in [0, 0.1) is 5.92 Å². The molecule has 0 spiro atoms. The minimum atomic E-state index is 0.672. The van der Waals surface area contributed by atoms with E-state index in [9.17, 15) is 0 Å². The van der Waals surface area contributed by atoms with Crippen LogP contribution in [0.3, 0.4) is 0 Å². The van der Waals surface area contributed by atoms with Gasteiger partial charge >= 0.3 is 0 Å². The molecule has 0 aromatic rings. The number of allylic oxidation sites excluding steroid dienone is 1. The number of rotatable bonds is 6. The summed E-state index contributed by atoms with van der Waals surface area (Å²) in [6.07, 6.45) is 1.25. The maximum Gasteiger partial charge on any atom is -0.00134 e. The molecule has 0 radical (unpaired) electrons. The van der Waals surface area contributed by atoms with Gasteiger partial charge in [-0.2, -0.15) is 0 Å². The zero-order chi connectivity index (χ0) is 9.56. The third kappa shape index (κ3) is 4.55.